The zero-order valence-corrected chi connectivity index (χ0v) is 19.2. The van der Waals surface area contributed by atoms with E-state index in [4.69, 9.17) is 14.6 Å². The summed E-state index contributed by atoms with van der Waals surface area (Å²) in [6.45, 7) is 1.59. The smallest absolute Gasteiger partial charge is 0.213 e. The number of ether oxygens (including phenoxy) is 2. The van der Waals surface area contributed by atoms with Crippen LogP contribution in [0, 0.1) is 0 Å². The van der Waals surface area contributed by atoms with Gasteiger partial charge < -0.3 is 9.47 Å². The van der Waals surface area contributed by atoms with Crippen LogP contribution in [0.3, 0.4) is 0 Å². The van der Waals surface area contributed by atoms with Crippen molar-refractivity contribution in [2.75, 3.05) is 12.9 Å². The van der Waals surface area contributed by atoms with Gasteiger partial charge in [-0.1, -0.05) is 43.3 Å². The molecule has 0 saturated heterocycles. The van der Waals surface area contributed by atoms with Crippen LogP contribution in [-0.4, -0.2) is 29.7 Å². The molecule has 0 spiro atoms. The minimum atomic E-state index is -3.75. The highest BCUT2D eigenvalue weighted by Crippen LogP contribution is 2.48. The van der Waals surface area contributed by atoms with Gasteiger partial charge in [0.05, 0.1) is 23.5 Å². The summed E-state index contributed by atoms with van der Waals surface area (Å²) in [5.41, 5.74) is 3.08. The van der Waals surface area contributed by atoms with Crippen molar-refractivity contribution < 1.29 is 26.3 Å². The Morgan fingerprint density at radius 1 is 1.00 bits per heavy atom. The third-order valence-electron chi connectivity index (χ3n) is 5.38. The molecule has 1 aliphatic rings. The lowest BCUT2D eigenvalue weighted by Crippen LogP contribution is -2.19. The highest BCUT2D eigenvalue weighted by Gasteiger charge is 2.32. The van der Waals surface area contributed by atoms with Crippen LogP contribution >= 0.6 is 0 Å². The number of hydrogen-bond acceptors (Lipinski definition) is 6. The van der Waals surface area contributed by atoms with Gasteiger partial charge in [-0.2, -0.15) is 0 Å². The molecular weight excluding hydrogens is 450 g/mol. The predicted octanol–water partition coefficient (Wildman–Crippen LogP) is 3.43. The molecule has 1 atom stereocenters. The first-order chi connectivity index (χ1) is 15.1. The molecular formula is C23H23NO6S2. The first-order valence-electron chi connectivity index (χ1n) is 9.93. The van der Waals surface area contributed by atoms with Gasteiger partial charge in [-0.05, 0) is 35.4 Å². The van der Waals surface area contributed by atoms with Crippen molar-refractivity contribution in [2.24, 2.45) is 5.14 Å². The lowest BCUT2D eigenvalue weighted by molar-refractivity contribution is 0.242. The molecule has 2 N–H and O–H groups in total. The van der Waals surface area contributed by atoms with E-state index in [1.807, 2.05) is 24.3 Å². The molecule has 0 fully saturated rings. The average molecular weight is 474 g/mol. The van der Waals surface area contributed by atoms with Crippen LogP contribution in [0.5, 0.6) is 11.5 Å². The third kappa shape index (κ3) is 4.23. The van der Waals surface area contributed by atoms with E-state index < -0.39 is 26.0 Å². The zero-order chi connectivity index (χ0) is 23.1. The fourth-order valence-corrected chi connectivity index (χ4v) is 5.67. The van der Waals surface area contributed by atoms with E-state index in [1.165, 1.54) is 0 Å². The van der Waals surface area contributed by atoms with Gasteiger partial charge in [0.2, 0.25) is 10.0 Å². The second-order valence-electron chi connectivity index (χ2n) is 7.54. The maximum atomic E-state index is 12.8. The highest BCUT2D eigenvalue weighted by atomic mass is 32.2. The lowest BCUT2D eigenvalue weighted by atomic mass is 9.88. The van der Waals surface area contributed by atoms with Crippen LogP contribution in [0.15, 0.2) is 65.6 Å². The van der Waals surface area contributed by atoms with Crippen LogP contribution in [-0.2, 0) is 25.6 Å². The summed E-state index contributed by atoms with van der Waals surface area (Å²) < 4.78 is 60.6. The molecule has 0 radical (unpaired) electrons. The number of primary sulfonamides is 1. The van der Waals surface area contributed by atoms with E-state index >= 15 is 0 Å². The molecule has 0 amide bonds. The Bertz CT molecular complexity index is 1400. The van der Waals surface area contributed by atoms with Crippen molar-refractivity contribution >= 4 is 19.9 Å². The molecule has 32 heavy (non-hydrogen) atoms. The number of sulfonamides is 1. The van der Waals surface area contributed by atoms with Gasteiger partial charge >= 0.3 is 0 Å². The first-order valence-corrected chi connectivity index (χ1v) is 13.3. The van der Waals surface area contributed by atoms with E-state index in [2.05, 4.69) is 0 Å². The Balaban J connectivity index is 1.98. The molecule has 3 aromatic rings. The minimum absolute atomic E-state index is 0.0540. The molecule has 7 nitrogen and oxygen atoms in total. The quantitative estimate of drug-likeness (QED) is 0.587. The number of sulfone groups is 1. The fourth-order valence-electron chi connectivity index (χ4n) is 3.91. The molecule has 0 saturated carbocycles. The van der Waals surface area contributed by atoms with Crippen LogP contribution in [0.25, 0.3) is 11.1 Å². The third-order valence-corrected chi connectivity index (χ3v) is 7.89. The zero-order valence-electron chi connectivity index (χ0n) is 17.6. The normalized spacial score (nSPS) is 15.4. The van der Waals surface area contributed by atoms with Gasteiger partial charge in [0.15, 0.2) is 9.84 Å². The molecule has 1 heterocycles. The first kappa shape index (κ1) is 22.3. The van der Waals surface area contributed by atoms with Gasteiger partial charge in [-0.3, -0.25) is 0 Å². The van der Waals surface area contributed by atoms with E-state index in [0.29, 0.717) is 33.8 Å². The number of hydrogen-bond donors (Lipinski definition) is 1. The monoisotopic (exact) mass is 473 g/mol. The fraction of sp³-hybridized carbons (Fsp3) is 0.217. The molecule has 9 heteroatoms. The summed E-state index contributed by atoms with van der Waals surface area (Å²) in [7, 11) is -5.71. The van der Waals surface area contributed by atoms with E-state index in [-0.39, 0.29) is 16.4 Å². The second-order valence-corrected chi connectivity index (χ2v) is 11.4. The number of fused-ring (bicyclic) bond motifs is 3. The second kappa shape index (κ2) is 8.23. The summed E-state index contributed by atoms with van der Waals surface area (Å²) in [6, 6.07) is 17.4. The average Bonchev–Trinajstić information content (AvgIpc) is 2.76. The number of rotatable bonds is 6. The topological polar surface area (TPSA) is 113 Å². The minimum Gasteiger partial charge on any atom is -0.497 e. The van der Waals surface area contributed by atoms with Crippen molar-refractivity contribution in [3.05, 3.63) is 77.4 Å². The standard InChI is InChI=1S/C23H23NO6S2/c1-3-31(25,26)21-9-5-8-20-22(21)18-11-10-15(14-32(24,27)28)12-19(18)23(30-20)16-6-4-7-17(13-16)29-2/h4-13,23H,3,14H2,1-2H3,(H2,24,27,28). The van der Waals surface area contributed by atoms with E-state index in [0.717, 1.165) is 5.56 Å². The van der Waals surface area contributed by atoms with E-state index in [9.17, 15) is 16.8 Å². The maximum Gasteiger partial charge on any atom is 0.213 e. The maximum absolute atomic E-state index is 12.8. The summed E-state index contributed by atoms with van der Waals surface area (Å²) in [4.78, 5) is 0.182. The molecule has 0 aliphatic carbocycles. The van der Waals surface area contributed by atoms with Crippen LogP contribution in [0.1, 0.15) is 29.7 Å². The lowest BCUT2D eigenvalue weighted by Gasteiger charge is -2.31. The molecule has 168 valence electrons. The summed E-state index contributed by atoms with van der Waals surface area (Å²) in [5.74, 6) is 0.689. The van der Waals surface area contributed by atoms with Crippen molar-refractivity contribution in [2.45, 2.75) is 23.7 Å². The van der Waals surface area contributed by atoms with Gasteiger partial charge in [-0.25, -0.2) is 22.0 Å². The predicted molar refractivity (Wildman–Crippen MR) is 122 cm³/mol. The Hall–Kier alpha value is -2.88. The molecule has 3 aromatic carbocycles. The molecule has 0 aromatic heterocycles. The molecule has 1 aliphatic heterocycles. The summed E-state index contributed by atoms with van der Waals surface area (Å²) >= 11 is 0. The Labute approximate surface area is 187 Å². The van der Waals surface area contributed by atoms with Crippen LogP contribution < -0.4 is 14.6 Å². The largest absolute Gasteiger partial charge is 0.497 e. The van der Waals surface area contributed by atoms with Gasteiger partial charge in [-0.15, -0.1) is 0 Å². The SMILES string of the molecule is CCS(=O)(=O)c1cccc2c1-c1ccc(CS(N)(=O)=O)cc1C(c1cccc(OC)c1)O2. The number of methoxy groups -OCH3 is 1. The van der Waals surface area contributed by atoms with E-state index in [1.54, 1.807) is 50.4 Å². The van der Waals surface area contributed by atoms with Crippen molar-refractivity contribution in [3.63, 3.8) is 0 Å². The highest BCUT2D eigenvalue weighted by molar-refractivity contribution is 7.91. The van der Waals surface area contributed by atoms with Crippen LogP contribution in [0.2, 0.25) is 0 Å². The molecule has 1 unspecified atom stereocenters. The summed E-state index contributed by atoms with van der Waals surface area (Å²) in [5, 5.41) is 5.25. The Morgan fingerprint density at radius 2 is 1.75 bits per heavy atom. The number of nitrogens with two attached hydrogens (primary N) is 1. The van der Waals surface area contributed by atoms with Gasteiger partial charge in [0, 0.05) is 16.7 Å². The Morgan fingerprint density at radius 3 is 2.44 bits per heavy atom. The molecule has 0 bridgehead atoms. The molecule has 4 rings (SSSR count). The van der Waals surface area contributed by atoms with Crippen molar-refractivity contribution in [3.8, 4) is 22.6 Å². The van der Waals surface area contributed by atoms with Crippen LogP contribution in [0.4, 0.5) is 0 Å². The van der Waals surface area contributed by atoms with Crippen molar-refractivity contribution in [1.29, 1.82) is 0 Å². The summed E-state index contributed by atoms with van der Waals surface area (Å²) in [6.07, 6.45) is -0.590. The van der Waals surface area contributed by atoms with Gasteiger partial charge in [0.25, 0.3) is 0 Å². The van der Waals surface area contributed by atoms with Crippen molar-refractivity contribution in [1.82, 2.24) is 0 Å². The van der Waals surface area contributed by atoms with Gasteiger partial charge in [0.1, 0.15) is 17.6 Å². The number of benzene rings is 3. The Kier molecular flexibility index (Phi) is 5.74.